The van der Waals surface area contributed by atoms with Gasteiger partial charge in [-0.25, -0.2) is 4.98 Å². The van der Waals surface area contributed by atoms with E-state index in [1.54, 1.807) is 7.11 Å². The van der Waals surface area contributed by atoms with Gasteiger partial charge in [-0.1, -0.05) is 29.5 Å². The second-order valence-electron chi connectivity index (χ2n) is 6.53. The summed E-state index contributed by atoms with van der Waals surface area (Å²) >= 11 is 1.53. The number of methoxy groups -OCH3 is 1. The molecule has 0 unspecified atom stereocenters. The molecule has 0 amide bonds. The zero-order valence-electron chi connectivity index (χ0n) is 16.5. The van der Waals surface area contributed by atoms with Gasteiger partial charge < -0.3 is 20.9 Å². The fourth-order valence-corrected chi connectivity index (χ4v) is 3.24. The molecule has 0 bridgehead atoms. The van der Waals surface area contributed by atoms with Crippen molar-refractivity contribution in [3.8, 4) is 0 Å². The molecular weight excluding hydrogens is 358 g/mol. The van der Waals surface area contributed by atoms with Crippen LogP contribution in [0.2, 0.25) is 0 Å². The monoisotopic (exact) mass is 387 g/mol. The Kier molecular flexibility index (Phi) is 8.03. The van der Waals surface area contributed by atoms with Gasteiger partial charge in [-0.05, 0) is 62.1 Å². The third kappa shape index (κ3) is 6.50. The van der Waals surface area contributed by atoms with E-state index in [0.717, 1.165) is 35.5 Å². The predicted molar refractivity (Wildman–Crippen MR) is 115 cm³/mol. The van der Waals surface area contributed by atoms with E-state index in [2.05, 4.69) is 37.0 Å². The number of nitrogens with zero attached hydrogens (tertiary/aromatic N) is 1. The van der Waals surface area contributed by atoms with E-state index in [-0.39, 0.29) is 0 Å². The second kappa shape index (κ2) is 10.3. The highest BCUT2D eigenvalue weighted by molar-refractivity contribution is 7.22. The zero-order chi connectivity index (χ0) is 19.8. The van der Waals surface area contributed by atoms with Crippen LogP contribution in [-0.2, 0) is 9.47 Å². The van der Waals surface area contributed by atoms with Crippen molar-refractivity contribution in [2.75, 3.05) is 31.8 Å². The van der Waals surface area contributed by atoms with Gasteiger partial charge in [0.2, 0.25) is 0 Å². The van der Waals surface area contributed by atoms with Gasteiger partial charge in [0.15, 0.2) is 5.13 Å². The lowest BCUT2D eigenvalue weighted by atomic mass is 10.1. The lowest BCUT2D eigenvalue weighted by Crippen LogP contribution is -2.07. The Morgan fingerprint density at radius 2 is 1.93 bits per heavy atom. The van der Waals surface area contributed by atoms with E-state index in [4.69, 9.17) is 20.9 Å². The van der Waals surface area contributed by atoms with Gasteiger partial charge in [0.1, 0.15) is 0 Å². The highest BCUT2D eigenvalue weighted by Crippen LogP contribution is 2.23. The van der Waals surface area contributed by atoms with Crippen molar-refractivity contribution in [1.29, 1.82) is 0 Å². The molecule has 0 aliphatic carbocycles. The number of thiazole rings is 1. The minimum Gasteiger partial charge on any atom is -0.399 e. The van der Waals surface area contributed by atoms with Crippen LogP contribution >= 0.6 is 11.3 Å². The van der Waals surface area contributed by atoms with Crippen LogP contribution in [0.5, 0.6) is 0 Å². The van der Waals surface area contributed by atoms with Crippen molar-refractivity contribution in [2.24, 2.45) is 0 Å². The molecule has 4 N–H and O–H groups in total. The molecule has 5 nitrogen and oxygen atoms in total. The first-order valence-corrected chi connectivity index (χ1v) is 9.77. The van der Waals surface area contributed by atoms with Crippen LogP contribution in [0.15, 0.2) is 36.4 Å². The Bertz CT molecular complexity index is 838. The number of nitrogen functional groups attached to an aromatic ring is 2. The van der Waals surface area contributed by atoms with E-state index in [1.165, 1.54) is 28.0 Å². The molecule has 27 heavy (non-hydrogen) atoms. The molecule has 2 heterocycles. The van der Waals surface area contributed by atoms with Crippen LogP contribution in [0.25, 0.3) is 10.2 Å². The van der Waals surface area contributed by atoms with Crippen molar-refractivity contribution in [3.63, 3.8) is 0 Å². The van der Waals surface area contributed by atoms with Gasteiger partial charge in [-0.3, -0.25) is 0 Å². The maximum Gasteiger partial charge on any atom is 0.181 e. The van der Waals surface area contributed by atoms with Gasteiger partial charge in [-0.15, -0.1) is 0 Å². The summed E-state index contributed by atoms with van der Waals surface area (Å²) in [6.07, 6.45) is 1.44. The Morgan fingerprint density at radius 3 is 2.48 bits per heavy atom. The van der Waals surface area contributed by atoms with Crippen molar-refractivity contribution < 1.29 is 9.47 Å². The summed E-state index contributed by atoms with van der Waals surface area (Å²) in [6.45, 7) is 7.81. The third-order valence-corrected chi connectivity index (χ3v) is 5.29. The van der Waals surface area contributed by atoms with Gasteiger partial charge in [0, 0.05) is 19.4 Å². The molecule has 1 atom stereocenters. The molecule has 146 valence electrons. The summed E-state index contributed by atoms with van der Waals surface area (Å²) in [7, 11) is 1.72. The fraction of sp³-hybridized carbons (Fsp3) is 0.381. The van der Waals surface area contributed by atoms with Crippen LogP contribution in [-0.4, -0.2) is 31.4 Å². The molecule has 0 spiro atoms. The standard InChI is InChI=1S/C8H8N2S.C8H11N.C5H10O2/c1-5-2-3-7-6(4-5)10-8(9)11-7;1-6-4-3-5-8(9)7(6)2;1-6-5-2-3-7-4-5/h2-4H,1H3,(H2,9,10);3-5H,9H2,1-2H3;5H,2-4H2,1H3/t;;5-/m..0/s1. The van der Waals surface area contributed by atoms with Crippen LogP contribution in [0.4, 0.5) is 10.8 Å². The predicted octanol–water partition coefficient (Wildman–Crippen LogP) is 4.49. The first kappa shape index (κ1) is 21.2. The Hall–Kier alpha value is -2.15. The molecule has 1 aromatic heterocycles. The normalized spacial score (nSPS) is 15.6. The smallest absolute Gasteiger partial charge is 0.181 e. The topological polar surface area (TPSA) is 83.4 Å². The average Bonchev–Trinajstić information content (AvgIpc) is 3.29. The van der Waals surface area contributed by atoms with Gasteiger partial charge >= 0.3 is 0 Å². The number of fused-ring (bicyclic) bond motifs is 1. The molecular formula is C21H29N3O2S. The summed E-state index contributed by atoms with van der Waals surface area (Å²) < 4.78 is 11.2. The summed E-state index contributed by atoms with van der Waals surface area (Å²) in [5, 5.41) is 0.644. The van der Waals surface area contributed by atoms with Gasteiger partial charge in [-0.2, -0.15) is 0 Å². The molecule has 1 aliphatic heterocycles. The number of hydrogen-bond acceptors (Lipinski definition) is 6. The van der Waals surface area contributed by atoms with Crippen molar-refractivity contribution in [2.45, 2.75) is 33.3 Å². The number of hydrogen-bond donors (Lipinski definition) is 2. The third-order valence-electron chi connectivity index (χ3n) is 4.43. The summed E-state index contributed by atoms with van der Waals surface area (Å²) in [5.74, 6) is 0. The molecule has 0 radical (unpaired) electrons. The molecule has 0 saturated carbocycles. The average molecular weight is 388 g/mol. The number of rotatable bonds is 1. The number of anilines is 2. The first-order chi connectivity index (χ1) is 12.9. The van der Waals surface area contributed by atoms with E-state index in [0.29, 0.717) is 11.2 Å². The van der Waals surface area contributed by atoms with E-state index in [9.17, 15) is 0 Å². The van der Waals surface area contributed by atoms with Gasteiger partial charge in [0.05, 0.1) is 22.9 Å². The highest BCUT2D eigenvalue weighted by atomic mass is 32.1. The number of nitrogens with two attached hydrogens (primary N) is 2. The molecule has 1 saturated heterocycles. The van der Waals surface area contributed by atoms with Crippen molar-refractivity contribution >= 4 is 32.4 Å². The largest absolute Gasteiger partial charge is 0.399 e. The van der Waals surface area contributed by atoms with E-state index in [1.807, 2.05) is 25.1 Å². The molecule has 2 aromatic carbocycles. The summed E-state index contributed by atoms with van der Waals surface area (Å²) in [5.41, 5.74) is 16.7. The van der Waals surface area contributed by atoms with E-state index >= 15 is 0 Å². The summed E-state index contributed by atoms with van der Waals surface area (Å²) in [6, 6.07) is 12.1. The Balaban J connectivity index is 0.000000149. The zero-order valence-corrected chi connectivity index (χ0v) is 17.3. The number of benzene rings is 2. The molecule has 3 aromatic rings. The maximum atomic E-state index is 5.62. The van der Waals surface area contributed by atoms with Crippen molar-refractivity contribution in [1.82, 2.24) is 4.98 Å². The molecule has 1 aliphatic rings. The van der Waals surface area contributed by atoms with E-state index < -0.39 is 0 Å². The molecule has 6 heteroatoms. The lowest BCUT2D eigenvalue weighted by Gasteiger charge is -2.00. The van der Waals surface area contributed by atoms with Crippen molar-refractivity contribution in [3.05, 3.63) is 53.1 Å². The second-order valence-corrected chi connectivity index (χ2v) is 7.60. The van der Waals surface area contributed by atoms with Crippen LogP contribution in [0.3, 0.4) is 0 Å². The summed E-state index contributed by atoms with van der Waals surface area (Å²) in [4.78, 5) is 4.17. The highest BCUT2D eigenvalue weighted by Gasteiger charge is 2.12. The number of aryl methyl sites for hydroxylation is 2. The Labute approximate surface area is 165 Å². The van der Waals surface area contributed by atoms with Crippen LogP contribution in [0.1, 0.15) is 23.1 Å². The molecule has 1 fully saturated rings. The molecule has 4 rings (SSSR count). The quantitative estimate of drug-likeness (QED) is 0.601. The number of ether oxygens (including phenoxy) is 2. The maximum absolute atomic E-state index is 5.62. The van der Waals surface area contributed by atoms with Crippen LogP contribution < -0.4 is 11.5 Å². The van der Waals surface area contributed by atoms with Gasteiger partial charge in [0.25, 0.3) is 0 Å². The minimum atomic E-state index is 0.375. The SMILES string of the molecule is CO[C@H]1CCOC1.Cc1ccc2sc(N)nc2c1.Cc1cccc(N)c1C. The minimum absolute atomic E-state index is 0.375. The fourth-order valence-electron chi connectivity index (χ4n) is 2.53. The number of aromatic nitrogens is 1. The lowest BCUT2D eigenvalue weighted by molar-refractivity contribution is 0.0822. The first-order valence-electron chi connectivity index (χ1n) is 8.95. The van der Waals surface area contributed by atoms with Crippen LogP contribution in [0, 0.1) is 20.8 Å². The Morgan fingerprint density at radius 1 is 1.15 bits per heavy atom.